The first kappa shape index (κ1) is 16.4. The first-order valence-electron chi connectivity index (χ1n) is 7.47. The van der Waals surface area contributed by atoms with Crippen LogP contribution < -0.4 is 11.2 Å². The summed E-state index contributed by atoms with van der Waals surface area (Å²) >= 11 is 0. The number of benzene rings is 1. The first-order chi connectivity index (χ1) is 12.0. The lowest BCUT2D eigenvalue weighted by molar-refractivity contribution is 0.103. The van der Waals surface area contributed by atoms with Gasteiger partial charge < -0.3 is 10.1 Å². The van der Waals surface area contributed by atoms with Crippen LogP contribution in [-0.4, -0.2) is 22.4 Å². The predicted octanol–water partition coefficient (Wildman–Crippen LogP) is 2.62. The van der Waals surface area contributed by atoms with Crippen LogP contribution in [0.2, 0.25) is 0 Å². The van der Waals surface area contributed by atoms with Gasteiger partial charge in [-0.2, -0.15) is 5.10 Å². The molecule has 0 spiro atoms. The average Bonchev–Trinajstić information content (AvgIpc) is 2.87. The summed E-state index contributed by atoms with van der Waals surface area (Å²) in [5.74, 6) is -0.639. The number of halogens is 1. The quantitative estimate of drug-likeness (QED) is 0.435. The third kappa shape index (κ3) is 3.12. The predicted molar refractivity (Wildman–Crippen MR) is 92.3 cm³/mol. The molecule has 0 aliphatic carbocycles. The number of amides is 2. The molecule has 3 rings (SSSR count). The van der Waals surface area contributed by atoms with E-state index in [4.69, 9.17) is 5.73 Å². The number of urea groups is 1. The zero-order valence-corrected chi connectivity index (χ0v) is 13.4. The summed E-state index contributed by atoms with van der Waals surface area (Å²) in [7, 11) is 0. The Morgan fingerprint density at radius 2 is 1.92 bits per heavy atom. The summed E-state index contributed by atoms with van der Waals surface area (Å²) in [6.07, 6.45) is 3.20. The molecule has 0 unspecified atom stereocenters. The zero-order valence-electron chi connectivity index (χ0n) is 13.4. The van der Waals surface area contributed by atoms with Crippen LogP contribution in [0.25, 0.3) is 5.52 Å². The zero-order chi connectivity index (χ0) is 18.0. The van der Waals surface area contributed by atoms with Gasteiger partial charge in [0, 0.05) is 17.3 Å². The molecule has 0 radical (unpaired) electrons. The highest BCUT2D eigenvalue weighted by Gasteiger charge is 2.20. The van der Waals surface area contributed by atoms with Crippen molar-refractivity contribution in [2.75, 3.05) is 0 Å². The summed E-state index contributed by atoms with van der Waals surface area (Å²) in [5, 5.41) is 3.79. The topological polar surface area (TPSA) is 89.0 Å². The summed E-state index contributed by atoms with van der Waals surface area (Å²) in [6, 6.07) is 10.1. The van der Waals surface area contributed by atoms with Crippen LogP contribution in [0.4, 0.5) is 9.18 Å². The van der Waals surface area contributed by atoms with Gasteiger partial charge in [-0.15, -0.1) is 0 Å². The lowest BCUT2D eigenvalue weighted by atomic mass is 10.0. The lowest BCUT2D eigenvalue weighted by Crippen LogP contribution is -2.24. The van der Waals surface area contributed by atoms with Crippen LogP contribution in [0.15, 0.2) is 53.8 Å². The Morgan fingerprint density at radius 1 is 1.20 bits per heavy atom. The lowest BCUT2D eigenvalue weighted by Gasteiger charge is -2.04. The summed E-state index contributed by atoms with van der Waals surface area (Å²) < 4.78 is 14.9. The molecule has 0 aliphatic rings. The van der Waals surface area contributed by atoms with Gasteiger partial charge in [-0.1, -0.05) is 6.07 Å². The molecule has 25 heavy (non-hydrogen) atoms. The van der Waals surface area contributed by atoms with E-state index in [1.54, 1.807) is 23.6 Å². The molecule has 6 nitrogen and oxygen atoms in total. The van der Waals surface area contributed by atoms with Gasteiger partial charge in [0.2, 0.25) is 5.78 Å². The molecule has 2 aromatic heterocycles. The monoisotopic (exact) mass is 338 g/mol. The first-order valence-corrected chi connectivity index (χ1v) is 7.47. The Kier molecular flexibility index (Phi) is 4.30. The number of hydrazone groups is 1. The van der Waals surface area contributed by atoms with Crippen LogP contribution in [-0.2, 0) is 0 Å². The van der Waals surface area contributed by atoms with E-state index < -0.39 is 11.8 Å². The number of rotatable bonds is 4. The molecule has 1 aromatic carbocycles. The fraction of sp³-hybridized carbons (Fsp3) is 0.0556. The molecular weight excluding hydrogens is 323 g/mol. The van der Waals surface area contributed by atoms with E-state index in [-0.39, 0.29) is 5.78 Å². The normalized spacial score (nSPS) is 11.1. The second-order valence-corrected chi connectivity index (χ2v) is 5.41. The van der Waals surface area contributed by atoms with Crippen molar-refractivity contribution in [1.82, 2.24) is 9.83 Å². The number of carbonyl (C=O) groups is 2. The number of aromatic nitrogens is 1. The minimum absolute atomic E-state index is 0.235. The van der Waals surface area contributed by atoms with Crippen molar-refractivity contribution in [3.05, 3.63) is 76.9 Å². The molecule has 2 heterocycles. The Morgan fingerprint density at radius 3 is 2.60 bits per heavy atom. The molecule has 0 fully saturated rings. The third-order valence-electron chi connectivity index (χ3n) is 3.83. The maximum atomic E-state index is 13.1. The standard InChI is InChI=1S/C18H15FN4O2/c1-11-14(10-21-22-18(20)25)15-4-2-3-9-23(15)16(11)17(24)12-5-7-13(19)8-6-12/h2-10H,1H3,(H3,20,22,25). The molecular formula is C18H15FN4O2. The van der Waals surface area contributed by atoms with Crippen molar-refractivity contribution in [2.45, 2.75) is 6.92 Å². The highest BCUT2D eigenvalue weighted by molar-refractivity contribution is 6.11. The van der Waals surface area contributed by atoms with E-state index in [1.165, 1.54) is 30.5 Å². The third-order valence-corrected chi connectivity index (χ3v) is 3.83. The van der Waals surface area contributed by atoms with E-state index in [2.05, 4.69) is 10.5 Å². The molecule has 3 aromatic rings. The van der Waals surface area contributed by atoms with Gasteiger partial charge in [-0.05, 0) is 48.9 Å². The Labute approximate surface area is 142 Å². The van der Waals surface area contributed by atoms with E-state index in [1.807, 2.05) is 12.1 Å². The van der Waals surface area contributed by atoms with Crippen LogP contribution in [0.3, 0.4) is 0 Å². The molecule has 0 atom stereocenters. The van der Waals surface area contributed by atoms with Gasteiger partial charge in [0.15, 0.2) is 0 Å². The number of ketones is 1. The minimum atomic E-state index is -0.778. The highest BCUT2D eigenvalue weighted by Crippen LogP contribution is 2.24. The molecule has 0 saturated carbocycles. The Bertz CT molecular complexity index is 990. The smallest absolute Gasteiger partial charge is 0.332 e. The fourth-order valence-corrected chi connectivity index (χ4v) is 2.70. The van der Waals surface area contributed by atoms with Gasteiger partial charge in [0.05, 0.1) is 17.4 Å². The summed E-state index contributed by atoms with van der Waals surface area (Å²) in [6.45, 7) is 1.79. The number of fused-ring (bicyclic) bond motifs is 1. The molecule has 126 valence electrons. The van der Waals surface area contributed by atoms with Gasteiger partial charge in [-0.25, -0.2) is 14.6 Å². The highest BCUT2D eigenvalue weighted by atomic mass is 19.1. The van der Waals surface area contributed by atoms with E-state index >= 15 is 0 Å². The largest absolute Gasteiger partial charge is 0.350 e. The minimum Gasteiger partial charge on any atom is -0.350 e. The van der Waals surface area contributed by atoms with Gasteiger partial charge in [0.1, 0.15) is 5.82 Å². The molecule has 7 heteroatoms. The molecule has 0 saturated heterocycles. The van der Waals surface area contributed by atoms with Gasteiger partial charge in [-0.3, -0.25) is 4.79 Å². The Hall–Kier alpha value is -3.48. The van der Waals surface area contributed by atoms with Crippen LogP contribution >= 0.6 is 0 Å². The number of hydrogen-bond donors (Lipinski definition) is 2. The average molecular weight is 338 g/mol. The molecule has 0 bridgehead atoms. The second-order valence-electron chi connectivity index (χ2n) is 5.41. The van der Waals surface area contributed by atoms with Crippen molar-refractivity contribution in [3.8, 4) is 0 Å². The number of primary amides is 1. The number of nitrogens with two attached hydrogens (primary N) is 1. The van der Waals surface area contributed by atoms with Gasteiger partial charge in [0.25, 0.3) is 0 Å². The van der Waals surface area contributed by atoms with E-state index in [0.717, 1.165) is 5.52 Å². The summed E-state index contributed by atoms with van der Waals surface area (Å²) in [5.41, 5.74) is 10.1. The number of hydrogen-bond acceptors (Lipinski definition) is 3. The van der Waals surface area contributed by atoms with Crippen molar-refractivity contribution in [3.63, 3.8) is 0 Å². The fourth-order valence-electron chi connectivity index (χ4n) is 2.70. The number of carbonyl (C=O) groups excluding carboxylic acids is 2. The number of nitrogens with zero attached hydrogens (tertiary/aromatic N) is 2. The molecule has 3 N–H and O–H groups in total. The van der Waals surface area contributed by atoms with E-state index in [0.29, 0.717) is 22.4 Å². The van der Waals surface area contributed by atoms with Crippen LogP contribution in [0.1, 0.15) is 27.2 Å². The summed E-state index contributed by atoms with van der Waals surface area (Å²) in [4.78, 5) is 23.7. The van der Waals surface area contributed by atoms with E-state index in [9.17, 15) is 14.0 Å². The van der Waals surface area contributed by atoms with Crippen molar-refractivity contribution < 1.29 is 14.0 Å². The second kappa shape index (κ2) is 6.56. The van der Waals surface area contributed by atoms with Crippen molar-refractivity contribution in [2.24, 2.45) is 10.8 Å². The number of pyridine rings is 1. The molecule has 0 aliphatic heterocycles. The van der Waals surface area contributed by atoms with Crippen LogP contribution in [0, 0.1) is 12.7 Å². The van der Waals surface area contributed by atoms with Crippen molar-refractivity contribution >= 4 is 23.5 Å². The number of nitrogens with one attached hydrogen (secondary N) is 1. The maximum absolute atomic E-state index is 13.1. The van der Waals surface area contributed by atoms with Crippen LogP contribution in [0.5, 0.6) is 0 Å². The van der Waals surface area contributed by atoms with Gasteiger partial charge >= 0.3 is 6.03 Å². The maximum Gasteiger partial charge on any atom is 0.332 e. The molecule has 2 amide bonds. The SMILES string of the molecule is Cc1c(C=NNC(N)=O)c2ccccn2c1C(=O)c1ccc(F)cc1. The Balaban J connectivity index is 2.13. The van der Waals surface area contributed by atoms with Crippen molar-refractivity contribution in [1.29, 1.82) is 0 Å².